The van der Waals surface area contributed by atoms with Crippen molar-refractivity contribution in [2.75, 3.05) is 33.2 Å². The molecule has 1 unspecified atom stereocenters. The van der Waals surface area contributed by atoms with Crippen molar-refractivity contribution in [1.29, 1.82) is 0 Å². The number of nitrogens with one attached hydrogen (secondary N) is 1. The van der Waals surface area contributed by atoms with Gasteiger partial charge in [-0.3, -0.25) is 9.59 Å². The van der Waals surface area contributed by atoms with Gasteiger partial charge in [-0.1, -0.05) is 6.92 Å². The van der Waals surface area contributed by atoms with Gasteiger partial charge in [-0.05, 0) is 31.6 Å². The summed E-state index contributed by atoms with van der Waals surface area (Å²) in [6, 6.07) is -0.192. The Balaban J connectivity index is 2.03. The number of carbonyl (C=O) groups is 2. The van der Waals surface area contributed by atoms with E-state index in [2.05, 4.69) is 5.32 Å². The van der Waals surface area contributed by atoms with Gasteiger partial charge in [0.05, 0.1) is 0 Å². The van der Waals surface area contributed by atoms with Gasteiger partial charge in [0.2, 0.25) is 11.8 Å². The average molecular weight is 386 g/mol. The van der Waals surface area contributed by atoms with Gasteiger partial charge in [0.25, 0.3) is 0 Å². The van der Waals surface area contributed by atoms with E-state index in [1.165, 1.54) is 4.90 Å². The summed E-state index contributed by atoms with van der Waals surface area (Å²) in [5.74, 6) is -3.90. The van der Waals surface area contributed by atoms with E-state index in [1.807, 2.05) is 18.9 Å². The third-order valence-electron chi connectivity index (χ3n) is 4.68. The summed E-state index contributed by atoms with van der Waals surface area (Å²) in [6.07, 6.45) is -0.244. The van der Waals surface area contributed by atoms with E-state index in [0.717, 1.165) is 12.6 Å². The lowest BCUT2D eigenvalue weighted by atomic mass is 10.0. The van der Waals surface area contributed by atoms with E-state index in [1.54, 1.807) is 0 Å². The molecule has 0 aliphatic carbocycles. The summed E-state index contributed by atoms with van der Waals surface area (Å²) in [7, 11) is 1.85. The molecule has 0 radical (unpaired) electrons. The van der Waals surface area contributed by atoms with Gasteiger partial charge in [-0.2, -0.15) is 0 Å². The Hall–Kier alpha value is -2.13. The second-order valence-electron chi connectivity index (χ2n) is 6.77. The van der Waals surface area contributed by atoms with Crippen LogP contribution in [0.2, 0.25) is 0 Å². The SMILES string of the molecule is CCN(C)C[C@@H]1C(=O)NCCN1C(=O)CC(N)Cc1cc(F)c(F)cc1F. The van der Waals surface area contributed by atoms with Gasteiger partial charge in [0.15, 0.2) is 11.6 Å². The van der Waals surface area contributed by atoms with Crippen LogP contribution in [-0.2, 0) is 16.0 Å². The quantitative estimate of drug-likeness (QED) is 0.675. The van der Waals surface area contributed by atoms with Gasteiger partial charge in [-0.15, -0.1) is 0 Å². The summed E-state index contributed by atoms with van der Waals surface area (Å²) in [5, 5.41) is 2.74. The molecule has 1 saturated heterocycles. The van der Waals surface area contributed by atoms with E-state index < -0.39 is 29.5 Å². The molecule has 3 N–H and O–H groups in total. The minimum absolute atomic E-state index is 0.0900. The van der Waals surface area contributed by atoms with Gasteiger partial charge >= 0.3 is 0 Å². The number of nitrogens with zero attached hydrogens (tertiary/aromatic N) is 2. The first-order valence-corrected chi connectivity index (χ1v) is 8.87. The monoisotopic (exact) mass is 386 g/mol. The molecule has 6 nitrogen and oxygen atoms in total. The van der Waals surface area contributed by atoms with E-state index in [0.29, 0.717) is 25.7 Å². The van der Waals surface area contributed by atoms with Crippen molar-refractivity contribution in [3.8, 4) is 0 Å². The first kappa shape index (κ1) is 21.2. The highest BCUT2D eigenvalue weighted by molar-refractivity contribution is 5.89. The topological polar surface area (TPSA) is 78.7 Å². The fraction of sp³-hybridized carbons (Fsp3) is 0.556. The van der Waals surface area contributed by atoms with Crippen LogP contribution in [0.15, 0.2) is 12.1 Å². The van der Waals surface area contributed by atoms with Crippen LogP contribution >= 0.6 is 0 Å². The highest BCUT2D eigenvalue weighted by Crippen LogP contribution is 2.17. The maximum Gasteiger partial charge on any atom is 0.244 e. The van der Waals surface area contributed by atoms with Crippen LogP contribution in [0.4, 0.5) is 13.2 Å². The molecule has 1 heterocycles. The van der Waals surface area contributed by atoms with Gasteiger partial charge in [0, 0.05) is 38.2 Å². The lowest BCUT2D eigenvalue weighted by Gasteiger charge is -2.37. The number of nitrogens with two attached hydrogens (primary N) is 1. The second-order valence-corrected chi connectivity index (χ2v) is 6.77. The molecule has 27 heavy (non-hydrogen) atoms. The number of rotatable bonds is 7. The Bertz CT molecular complexity index is 701. The summed E-state index contributed by atoms with van der Waals surface area (Å²) < 4.78 is 40.1. The molecule has 1 aromatic carbocycles. The van der Waals surface area contributed by atoms with Crippen LogP contribution in [0.5, 0.6) is 0 Å². The van der Waals surface area contributed by atoms with Gasteiger partial charge < -0.3 is 20.9 Å². The molecule has 1 aliphatic rings. The molecular formula is C18H25F3N4O2. The Morgan fingerprint density at radius 2 is 2.00 bits per heavy atom. The van der Waals surface area contributed by atoms with E-state index in [-0.39, 0.29) is 30.2 Å². The van der Waals surface area contributed by atoms with Crippen molar-refractivity contribution in [2.45, 2.75) is 31.8 Å². The highest BCUT2D eigenvalue weighted by Gasteiger charge is 2.34. The summed E-state index contributed by atoms with van der Waals surface area (Å²) in [4.78, 5) is 28.2. The number of hydrogen-bond donors (Lipinski definition) is 2. The Morgan fingerprint density at radius 1 is 1.33 bits per heavy atom. The van der Waals surface area contributed by atoms with Crippen LogP contribution in [0, 0.1) is 17.5 Å². The molecule has 0 spiro atoms. The van der Waals surface area contributed by atoms with E-state index in [9.17, 15) is 22.8 Å². The van der Waals surface area contributed by atoms with Crippen molar-refractivity contribution in [1.82, 2.24) is 15.1 Å². The van der Waals surface area contributed by atoms with Crippen molar-refractivity contribution in [3.63, 3.8) is 0 Å². The third-order valence-corrected chi connectivity index (χ3v) is 4.68. The molecule has 2 rings (SSSR count). The zero-order chi connectivity index (χ0) is 20.1. The fourth-order valence-electron chi connectivity index (χ4n) is 3.04. The molecular weight excluding hydrogens is 361 g/mol. The van der Waals surface area contributed by atoms with E-state index in [4.69, 9.17) is 5.73 Å². The zero-order valence-electron chi connectivity index (χ0n) is 15.5. The van der Waals surface area contributed by atoms with Crippen LogP contribution < -0.4 is 11.1 Å². The smallest absolute Gasteiger partial charge is 0.244 e. The standard InChI is InChI=1S/C18H25F3N4O2/c1-3-24(2)10-16-18(27)23-4-5-25(16)17(26)8-12(22)6-11-7-14(20)15(21)9-13(11)19/h7,9,12,16H,3-6,8,10,22H2,1-2H3,(H,23,27)/t12?,16-/m1/s1. The maximum atomic E-state index is 13.8. The third kappa shape index (κ3) is 5.43. The fourth-order valence-corrected chi connectivity index (χ4v) is 3.04. The summed E-state index contributed by atoms with van der Waals surface area (Å²) in [6.45, 7) is 3.77. The summed E-state index contributed by atoms with van der Waals surface area (Å²) in [5.41, 5.74) is 5.85. The lowest BCUT2D eigenvalue weighted by Crippen LogP contribution is -2.61. The second kappa shape index (κ2) is 9.18. The molecule has 0 saturated carbocycles. The van der Waals surface area contributed by atoms with Crippen molar-refractivity contribution in [3.05, 3.63) is 35.1 Å². The predicted octanol–water partition coefficient (Wildman–Crippen LogP) is 0.643. The highest BCUT2D eigenvalue weighted by atomic mass is 19.2. The van der Waals surface area contributed by atoms with Crippen LogP contribution in [0.25, 0.3) is 0 Å². The van der Waals surface area contributed by atoms with Crippen LogP contribution in [0.1, 0.15) is 18.9 Å². The molecule has 150 valence electrons. The van der Waals surface area contributed by atoms with Gasteiger partial charge in [-0.25, -0.2) is 13.2 Å². The zero-order valence-corrected chi connectivity index (χ0v) is 15.5. The lowest BCUT2D eigenvalue weighted by molar-refractivity contribution is -0.144. The Morgan fingerprint density at radius 3 is 2.67 bits per heavy atom. The largest absolute Gasteiger partial charge is 0.352 e. The first-order chi connectivity index (χ1) is 12.7. The Kier molecular flexibility index (Phi) is 7.20. The van der Waals surface area contributed by atoms with Gasteiger partial charge in [0.1, 0.15) is 11.9 Å². The van der Waals surface area contributed by atoms with Crippen molar-refractivity contribution < 1.29 is 22.8 Å². The molecule has 0 bridgehead atoms. The minimum atomic E-state index is -1.27. The van der Waals surface area contributed by atoms with Crippen molar-refractivity contribution >= 4 is 11.8 Å². The molecule has 1 fully saturated rings. The molecule has 9 heteroatoms. The van der Waals surface area contributed by atoms with Crippen LogP contribution in [0.3, 0.4) is 0 Å². The summed E-state index contributed by atoms with van der Waals surface area (Å²) >= 11 is 0. The minimum Gasteiger partial charge on any atom is -0.352 e. The first-order valence-electron chi connectivity index (χ1n) is 8.87. The normalized spacial score (nSPS) is 18.6. The molecule has 2 atom stereocenters. The Labute approximate surface area is 156 Å². The average Bonchev–Trinajstić information content (AvgIpc) is 2.61. The predicted molar refractivity (Wildman–Crippen MR) is 94.3 cm³/mol. The van der Waals surface area contributed by atoms with Crippen molar-refractivity contribution in [2.24, 2.45) is 5.73 Å². The number of carbonyl (C=O) groups excluding carboxylic acids is 2. The molecule has 2 amide bonds. The molecule has 0 aromatic heterocycles. The molecule has 1 aliphatic heterocycles. The maximum absolute atomic E-state index is 13.8. The number of amides is 2. The number of hydrogen-bond acceptors (Lipinski definition) is 4. The number of likely N-dealkylation sites (N-methyl/N-ethyl adjacent to an activating group) is 1. The number of piperazine rings is 1. The molecule has 1 aromatic rings. The number of halogens is 3. The van der Waals surface area contributed by atoms with E-state index >= 15 is 0 Å². The number of benzene rings is 1. The van der Waals surface area contributed by atoms with Crippen LogP contribution in [-0.4, -0.2) is 66.9 Å².